The molecule has 0 saturated carbocycles. The van der Waals surface area contributed by atoms with Gasteiger partial charge >= 0.3 is 0 Å². The number of fused-ring (bicyclic) bond motifs is 3. The number of thioether (sulfide) groups is 1. The summed E-state index contributed by atoms with van der Waals surface area (Å²) < 4.78 is 0. The van der Waals surface area contributed by atoms with Crippen LogP contribution in [0.1, 0.15) is 17.7 Å². The highest BCUT2D eigenvalue weighted by atomic mass is 32.2. The highest BCUT2D eigenvalue weighted by Crippen LogP contribution is 2.48. The molecule has 2 heterocycles. The summed E-state index contributed by atoms with van der Waals surface area (Å²) in [5.41, 5.74) is 3.40. The molecule has 7 heteroatoms. The van der Waals surface area contributed by atoms with Crippen LogP contribution in [0, 0.1) is 0 Å². The van der Waals surface area contributed by atoms with Crippen molar-refractivity contribution in [1.29, 1.82) is 0 Å². The zero-order chi connectivity index (χ0) is 19.1. The average molecular weight is 408 g/mol. The molecule has 1 aliphatic heterocycles. The first-order chi connectivity index (χ1) is 13.7. The van der Waals surface area contributed by atoms with Crippen LogP contribution in [0.5, 0.6) is 0 Å². The topological polar surface area (TPSA) is 66.1 Å². The molecule has 140 valence electrons. The third kappa shape index (κ3) is 3.04. The molecule has 0 saturated heterocycles. The van der Waals surface area contributed by atoms with Gasteiger partial charge in [0.15, 0.2) is 5.16 Å². The fraction of sp³-hybridized carbons (Fsp3) is 0.190. The van der Waals surface area contributed by atoms with Gasteiger partial charge in [0.05, 0.1) is 22.8 Å². The lowest BCUT2D eigenvalue weighted by Crippen LogP contribution is -2.30. The van der Waals surface area contributed by atoms with Gasteiger partial charge in [-0.3, -0.25) is 14.5 Å². The minimum Gasteiger partial charge on any atom is -0.301 e. The van der Waals surface area contributed by atoms with Crippen molar-refractivity contribution < 1.29 is 4.79 Å². The second-order valence-electron chi connectivity index (χ2n) is 6.71. The van der Waals surface area contributed by atoms with E-state index in [1.54, 1.807) is 16.7 Å². The van der Waals surface area contributed by atoms with Crippen molar-refractivity contribution in [3.63, 3.8) is 0 Å². The maximum Gasteiger partial charge on any atom is 0.254 e. The van der Waals surface area contributed by atoms with E-state index in [0.717, 1.165) is 51.7 Å². The maximum absolute atomic E-state index is 13.2. The number of aryl methyl sites for hydroxylation is 1. The Morgan fingerprint density at radius 1 is 1.07 bits per heavy atom. The van der Waals surface area contributed by atoms with Crippen LogP contribution in [0.25, 0.3) is 0 Å². The number of anilines is 2. The lowest BCUT2D eigenvalue weighted by Gasteiger charge is -2.30. The Morgan fingerprint density at radius 2 is 1.75 bits per heavy atom. The zero-order valence-corrected chi connectivity index (χ0v) is 16.6. The van der Waals surface area contributed by atoms with E-state index in [4.69, 9.17) is 0 Å². The Morgan fingerprint density at radius 3 is 2.46 bits per heavy atom. The van der Waals surface area contributed by atoms with Gasteiger partial charge in [-0.1, -0.05) is 47.8 Å². The van der Waals surface area contributed by atoms with Gasteiger partial charge in [-0.25, -0.2) is 4.98 Å². The summed E-state index contributed by atoms with van der Waals surface area (Å²) in [7, 11) is 0. The highest BCUT2D eigenvalue weighted by Gasteiger charge is 2.28. The van der Waals surface area contributed by atoms with Gasteiger partial charge in [-0.05, 0) is 43.5 Å². The van der Waals surface area contributed by atoms with Gasteiger partial charge in [-0.15, -0.1) is 0 Å². The Hall–Kier alpha value is -2.51. The van der Waals surface area contributed by atoms with E-state index in [0.29, 0.717) is 5.16 Å². The number of benzene rings is 2. The molecule has 28 heavy (non-hydrogen) atoms. The van der Waals surface area contributed by atoms with E-state index in [9.17, 15) is 9.59 Å². The number of amides is 1. The summed E-state index contributed by atoms with van der Waals surface area (Å²) in [6, 6.07) is 15.9. The first-order valence-electron chi connectivity index (χ1n) is 9.14. The van der Waals surface area contributed by atoms with Crippen LogP contribution in [0.2, 0.25) is 0 Å². The SMILES string of the molecule is O=C(CSc1nc2c(c(=O)[nH]1)CCC2)N1c2ccccc2Sc2ccccc21. The van der Waals surface area contributed by atoms with Gasteiger partial charge in [0.1, 0.15) is 0 Å². The smallest absolute Gasteiger partial charge is 0.254 e. The van der Waals surface area contributed by atoms with Crippen LogP contribution in [0.15, 0.2) is 68.3 Å². The Bertz CT molecular complexity index is 1100. The molecule has 0 atom stereocenters. The summed E-state index contributed by atoms with van der Waals surface area (Å²) in [6.07, 6.45) is 2.60. The average Bonchev–Trinajstić information content (AvgIpc) is 3.19. The quantitative estimate of drug-likeness (QED) is 0.521. The van der Waals surface area contributed by atoms with Gasteiger partial charge in [-0.2, -0.15) is 0 Å². The number of carbonyl (C=O) groups is 1. The van der Waals surface area contributed by atoms with Crippen LogP contribution in [-0.4, -0.2) is 21.6 Å². The fourth-order valence-electron chi connectivity index (χ4n) is 3.66. The molecule has 0 radical (unpaired) electrons. The summed E-state index contributed by atoms with van der Waals surface area (Å²) in [5, 5.41) is 0.520. The number of para-hydroxylation sites is 2. The molecule has 2 aromatic carbocycles. The molecule has 0 bridgehead atoms. The number of nitrogens with zero attached hydrogens (tertiary/aromatic N) is 2. The summed E-state index contributed by atoms with van der Waals surface area (Å²) in [4.78, 5) is 36.7. The first kappa shape index (κ1) is 17.6. The van der Waals surface area contributed by atoms with Crippen molar-refractivity contribution in [3.05, 3.63) is 70.1 Å². The standard InChI is InChI=1S/C21H17N3O2S2/c25-19(12-27-21-22-14-7-5-6-13(14)20(26)23-21)24-15-8-1-3-10-17(15)28-18-11-4-2-9-16(18)24/h1-4,8-11H,5-7,12H2,(H,22,23,26). The van der Waals surface area contributed by atoms with E-state index in [2.05, 4.69) is 9.97 Å². The number of aromatic nitrogens is 2. The van der Waals surface area contributed by atoms with E-state index in [1.807, 2.05) is 48.5 Å². The number of H-pyrrole nitrogens is 1. The summed E-state index contributed by atoms with van der Waals surface area (Å²) in [5.74, 6) is 0.169. The predicted octanol–water partition coefficient (Wildman–Crippen LogP) is 4.18. The molecule has 1 N–H and O–H groups in total. The van der Waals surface area contributed by atoms with Crippen molar-refractivity contribution in [2.45, 2.75) is 34.2 Å². The van der Waals surface area contributed by atoms with Crippen molar-refractivity contribution in [2.24, 2.45) is 0 Å². The van der Waals surface area contributed by atoms with Crippen molar-refractivity contribution in [3.8, 4) is 0 Å². The van der Waals surface area contributed by atoms with E-state index < -0.39 is 0 Å². The van der Waals surface area contributed by atoms with Crippen molar-refractivity contribution in [1.82, 2.24) is 9.97 Å². The molecule has 2 aliphatic rings. The number of rotatable bonds is 3. The molecule has 5 rings (SSSR count). The molecule has 0 unspecified atom stereocenters. The molecule has 1 aromatic heterocycles. The van der Waals surface area contributed by atoms with E-state index >= 15 is 0 Å². The number of carbonyl (C=O) groups excluding carboxylic acids is 1. The third-order valence-electron chi connectivity index (χ3n) is 4.93. The van der Waals surface area contributed by atoms with Gasteiger partial charge in [0, 0.05) is 15.4 Å². The van der Waals surface area contributed by atoms with Crippen molar-refractivity contribution >= 4 is 40.8 Å². The van der Waals surface area contributed by atoms with Crippen LogP contribution >= 0.6 is 23.5 Å². The molecule has 1 amide bonds. The number of hydrogen-bond donors (Lipinski definition) is 1. The van der Waals surface area contributed by atoms with E-state index in [-0.39, 0.29) is 17.2 Å². The fourth-order valence-corrected chi connectivity index (χ4v) is 5.44. The lowest BCUT2D eigenvalue weighted by molar-refractivity contribution is -0.115. The molecular weight excluding hydrogens is 390 g/mol. The monoisotopic (exact) mass is 407 g/mol. The maximum atomic E-state index is 13.2. The van der Waals surface area contributed by atoms with Gasteiger partial charge in [0.2, 0.25) is 5.91 Å². The Kier molecular flexibility index (Phi) is 4.49. The van der Waals surface area contributed by atoms with E-state index in [1.165, 1.54) is 11.8 Å². The molecule has 3 aromatic rings. The second-order valence-corrected chi connectivity index (χ2v) is 8.75. The van der Waals surface area contributed by atoms with Gasteiger partial charge in [0.25, 0.3) is 5.56 Å². The number of hydrogen-bond acceptors (Lipinski definition) is 5. The molecular formula is C21H17N3O2S2. The highest BCUT2D eigenvalue weighted by molar-refractivity contribution is 8.00. The third-order valence-corrected chi connectivity index (χ3v) is 6.92. The molecule has 0 fully saturated rings. The predicted molar refractivity (Wildman–Crippen MR) is 112 cm³/mol. The van der Waals surface area contributed by atoms with Crippen LogP contribution in [0.3, 0.4) is 0 Å². The van der Waals surface area contributed by atoms with Gasteiger partial charge < -0.3 is 4.98 Å². The van der Waals surface area contributed by atoms with Crippen LogP contribution in [0.4, 0.5) is 11.4 Å². The lowest BCUT2D eigenvalue weighted by atomic mass is 10.2. The molecule has 5 nitrogen and oxygen atoms in total. The minimum absolute atomic E-state index is 0.0339. The Balaban J connectivity index is 1.43. The summed E-state index contributed by atoms with van der Waals surface area (Å²) in [6.45, 7) is 0. The Labute approximate surface area is 170 Å². The molecule has 0 spiro atoms. The van der Waals surface area contributed by atoms with Crippen molar-refractivity contribution in [2.75, 3.05) is 10.7 Å². The molecule has 1 aliphatic carbocycles. The zero-order valence-electron chi connectivity index (χ0n) is 15.0. The number of nitrogens with one attached hydrogen (secondary N) is 1. The second kappa shape index (κ2) is 7.14. The largest absolute Gasteiger partial charge is 0.301 e. The normalized spacial score (nSPS) is 14.4. The minimum atomic E-state index is -0.0671. The van der Waals surface area contributed by atoms with Crippen LogP contribution in [-0.2, 0) is 17.6 Å². The first-order valence-corrected chi connectivity index (χ1v) is 10.9. The summed E-state index contributed by atoms with van der Waals surface area (Å²) >= 11 is 2.96. The van der Waals surface area contributed by atoms with Crippen LogP contribution < -0.4 is 10.5 Å². The number of aromatic amines is 1.